The highest BCUT2D eigenvalue weighted by molar-refractivity contribution is 7.17. The second-order valence-electron chi connectivity index (χ2n) is 7.01. The van der Waals surface area contributed by atoms with Crippen molar-refractivity contribution in [2.75, 3.05) is 26.3 Å². The molecule has 0 unspecified atom stereocenters. The molecule has 1 amide bonds. The van der Waals surface area contributed by atoms with Crippen LogP contribution in [-0.4, -0.2) is 48.5 Å². The first-order valence-electron chi connectivity index (χ1n) is 9.59. The molecule has 1 N–H and O–H groups in total. The molecule has 2 aliphatic rings. The molecule has 0 radical (unpaired) electrons. The molecule has 1 fully saturated rings. The molecule has 1 aromatic heterocycles. The maximum absolute atomic E-state index is 12.6. The van der Waals surface area contributed by atoms with Crippen LogP contribution < -0.4 is 0 Å². The first-order valence-corrected chi connectivity index (χ1v) is 10.5. The van der Waals surface area contributed by atoms with Gasteiger partial charge in [0.1, 0.15) is 0 Å². The molecule has 0 bridgehead atoms. The molecule has 0 spiro atoms. The van der Waals surface area contributed by atoms with Gasteiger partial charge in [0.05, 0.1) is 0 Å². The molecule has 1 aromatic carbocycles. The molecule has 5 nitrogen and oxygen atoms in total. The number of hydrogen-bond acceptors (Lipinski definition) is 5. The number of aliphatic hydroxyl groups excluding tert-OH is 1. The molecule has 6 heteroatoms. The van der Waals surface area contributed by atoms with E-state index >= 15 is 0 Å². The van der Waals surface area contributed by atoms with Gasteiger partial charge >= 0.3 is 0 Å². The Morgan fingerprint density at radius 3 is 2.93 bits per heavy atom. The Bertz CT molecular complexity index is 842. The molecule has 4 rings (SSSR count). The van der Waals surface area contributed by atoms with Crippen LogP contribution in [0.5, 0.6) is 0 Å². The lowest BCUT2D eigenvalue weighted by Gasteiger charge is -2.37. The van der Waals surface area contributed by atoms with Crippen molar-refractivity contribution in [2.45, 2.75) is 32.0 Å². The van der Waals surface area contributed by atoms with Crippen LogP contribution in [0.2, 0.25) is 0 Å². The lowest BCUT2D eigenvalue weighted by molar-refractivity contribution is -0.168. The molecule has 0 aliphatic carbocycles. The Morgan fingerprint density at radius 1 is 1.37 bits per heavy atom. The van der Waals surface area contributed by atoms with Crippen molar-refractivity contribution in [3.63, 3.8) is 0 Å². The van der Waals surface area contributed by atoms with Crippen LogP contribution in [0.1, 0.15) is 31.2 Å². The number of benzene rings is 1. The quantitative estimate of drug-likeness (QED) is 0.739. The lowest BCUT2D eigenvalue weighted by Crippen LogP contribution is -2.37. The highest BCUT2D eigenvalue weighted by Crippen LogP contribution is 2.43. The highest BCUT2D eigenvalue weighted by atomic mass is 32.1. The number of thiophene rings is 1. The van der Waals surface area contributed by atoms with E-state index in [1.165, 1.54) is 15.6 Å². The maximum Gasteiger partial charge on any atom is 0.288 e. The van der Waals surface area contributed by atoms with Gasteiger partial charge < -0.3 is 19.5 Å². The number of fused-ring (bicyclic) bond motifs is 1. The summed E-state index contributed by atoms with van der Waals surface area (Å²) >= 11 is 1.72. The van der Waals surface area contributed by atoms with Crippen LogP contribution in [0.3, 0.4) is 0 Å². The van der Waals surface area contributed by atoms with E-state index in [2.05, 4.69) is 17.5 Å². The van der Waals surface area contributed by atoms with Crippen molar-refractivity contribution >= 4 is 27.3 Å². The van der Waals surface area contributed by atoms with E-state index in [1.54, 1.807) is 16.2 Å². The van der Waals surface area contributed by atoms with Gasteiger partial charge in [-0.1, -0.05) is 18.2 Å². The zero-order valence-electron chi connectivity index (χ0n) is 15.5. The number of aliphatic hydroxyl groups is 1. The number of hydrogen-bond donors (Lipinski definition) is 1. The van der Waals surface area contributed by atoms with E-state index in [4.69, 9.17) is 9.47 Å². The summed E-state index contributed by atoms with van der Waals surface area (Å²) in [5.41, 5.74) is 1.21. The zero-order chi connectivity index (χ0) is 18.8. The minimum atomic E-state index is -0.478. The average molecular weight is 388 g/mol. The highest BCUT2D eigenvalue weighted by Gasteiger charge is 2.40. The van der Waals surface area contributed by atoms with E-state index in [1.807, 2.05) is 25.1 Å². The fourth-order valence-corrected chi connectivity index (χ4v) is 4.79. The Morgan fingerprint density at radius 2 is 2.19 bits per heavy atom. The number of ether oxygens (including phenoxy) is 2. The number of amides is 1. The van der Waals surface area contributed by atoms with Gasteiger partial charge in [-0.2, -0.15) is 0 Å². The summed E-state index contributed by atoms with van der Waals surface area (Å²) in [5.74, 6) is 0.425. The zero-order valence-corrected chi connectivity index (χ0v) is 16.3. The molecule has 2 aromatic rings. The number of carbonyl (C=O) groups excluding carboxylic acids is 1. The Hall–Kier alpha value is -1.89. The summed E-state index contributed by atoms with van der Waals surface area (Å²) in [4.78, 5) is 14.4. The van der Waals surface area contributed by atoms with E-state index in [-0.39, 0.29) is 24.3 Å². The molecular weight excluding hydrogens is 362 g/mol. The van der Waals surface area contributed by atoms with Gasteiger partial charge in [-0.15, -0.1) is 11.3 Å². The Labute approximate surface area is 163 Å². The fraction of sp³-hybridized carbons (Fsp3) is 0.476. The third kappa shape index (κ3) is 3.74. The van der Waals surface area contributed by atoms with Crippen molar-refractivity contribution < 1.29 is 19.4 Å². The van der Waals surface area contributed by atoms with Crippen LogP contribution in [0.25, 0.3) is 10.1 Å². The van der Waals surface area contributed by atoms with Crippen LogP contribution in [0.4, 0.5) is 0 Å². The van der Waals surface area contributed by atoms with Gasteiger partial charge in [0.25, 0.3) is 5.91 Å². The second-order valence-corrected chi connectivity index (χ2v) is 7.92. The van der Waals surface area contributed by atoms with E-state index in [9.17, 15) is 9.90 Å². The summed E-state index contributed by atoms with van der Waals surface area (Å²) < 4.78 is 13.1. The topological polar surface area (TPSA) is 58.8 Å². The standard InChI is InChI=1S/C21H25NO4S/c1-2-25-21-15(7-5-11-23)16(12-18(26-21)20(24)22-9-10-22)17-13-27-19-8-4-3-6-14(17)19/h3-4,6,8,12-13,15-16,21,23H,2,5,7,9-11H2,1H3/t15-,16-,21+/m0/s1. The summed E-state index contributed by atoms with van der Waals surface area (Å²) in [6.45, 7) is 4.17. The normalized spacial score (nSPS) is 24.6. The summed E-state index contributed by atoms with van der Waals surface area (Å²) in [5, 5.41) is 12.8. The van der Waals surface area contributed by atoms with Gasteiger partial charge in [0.2, 0.25) is 6.29 Å². The molecule has 27 heavy (non-hydrogen) atoms. The number of carbonyl (C=O) groups is 1. The molecule has 144 valence electrons. The van der Waals surface area contributed by atoms with Gasteiger partial charge in [0.15, 0.2) is 5.76 Å². The molecule has 3 atom stereocenters. The minimum absolute atomic E-state index is 0.0249. The number of rotatable bonds is 7. The largest absolute Gasteiger partial charge is 0.459 e. The molecule has 3 heterocycles. The third-order valence-electron chi connectivity index (χ3n) is 5.23. The van der Waals surface area contributed by atoms with Crippen LogP contribution >= 0.6 is 11.3 Å². The minimum Gasteiger partial charge on any atom is -0.459 e. The van der Waals surface area contributed by atoms with Crippen molar-refractivity contribution in [3.05, 3.63) is 47.0 Å². The fourth-order valence-electron chi connectivity index (χ4n) is 3.78. The van der Waals surface area contributed by atoms with Crippen molar-refractivity contribution in [3.8, 4) is 0 Å². The van der Waals surface area contributed by atoms with Crippen LogP contribution in [0, 0.1) is 5.92 Å². The lowest BCUT2D eigenvalue weighted by atomic mass is 9.80. The average Bonchev–Trinajstić information content (AvgIpc) is 3.45. The molecule has 1 saturated heterocycles. The number of nitrogens with zero attached hydrogens (tertiary/aromatic N) is 1. The summed E-state index contributed by atoms with van der Waals surface area (Å²) in [7, 11) is 0. The van der Waals surface area contributed by atoms with Crippen molar-refractivity contribution in [1.29, 1.82) is 0 Å². The van der Waals surface area contributed by atoms with Gasteiger partial charge in [-0.25, -0.2) is 0 Å². The Balaban J connectivity index is 1.76. The van der Waals surface area contributed by atoms with E-state index in [0.29, 0.717) is 18.8 Å². The Kier molecular flexibility index (Phi) is 5.48. The summed E-state index contributed by atoms with van der Waals surface area (Å²) in [6.07, 6.45) is 2.96. The van der Waals surface area contributed by atoms with Crippen molar-refractivity contribution in [1.82, 2.24) is 4.90 Å². The van der Waals surface area contributed by atoms with Crippen molar-refractivity contribution in [2.24, 2.45) is 5.92 Å². The predicted molar refractivity (Wildman–Crippen MR) is 106 cm³/mol. The summed E-state index contributed by atoms with van der Waals surface area (Å²) in [6, 6.07) is 8.35. The molecule has 0 saturated carbocycles. The SMILES string of the molecule is CCO[C@@H]1OC(C(=O)N2CC2)=C[C@H](c2csc3ccccc23)[C@@H]1CCCO. The van der Waals surface area contributed by atoms with Gasteiger partial charge in [-0.05, 0) is 48.2 Å². The number of allylic oxidation sites excluding steroid dienone is 1. The van der Waals surface area contributed by atoms with E-state index in [0.717, 1.165) is 19.5 Å². The molecular formula is C21H25NO4S. The van der Waals surface area contributed by atoms with Crippen LogP contribution in [-0.2, 0) is 14.3 Å². The predicted octanol–water partition coefficient (Wildman–Crippen LogP) is 3.49. The van der Waals surface area contributed by atoms with E-state index < -0.39 is 6.29 Å². The molecule has 2 aliphatic heterocycles. The second kappa shape index (κ2) is 8.00. The van der Waals surface area contributed by atoms with Crippen LogP contribution in [0.15, 0.2) is 41.5 Å². The smallest absolute Gasteiger partial charge is 0.288 e. The monoisotopic (exact) mass is 387 g/mol. The first-order chi connectivity index (χ1) is 13.2. The maximum atomic E-state index is 12.6. The third-order valence-corrected chi connectivity index (χ3v) is 6.21. The van der Waals surface area contributed by atoms with Gasteiger partial charge in [-0.3, -0.25) is 4.79 Å². The first kappa shape index (κ1) is 18.5. The van der Waals surface area contributed by atoms with Gasteiger partial charge in [0, 0.05) is 42.8 Å².